The number of rotatable bonds is 2. The molecule has 2 aromatic rings. The van der Waals surface area contributed by atoms with Crippen LogP contribution in [0.2, 0.25) is 0 Å². The summed E-state index contributed by atoms with van der Waals surface area (Å²) in [6.45, 7) is 0. The summed E-state index contributed by atoms with van der Waals surface area (Å²) in [6, 6.07) is 0. The minimum Gasteiger partial charge on any atom is -0.223 e. The third kappa shape index (κ3) is 1.52. The van der Waals surface area contributed by atoms with Gasteiger partial charge in [-0.15, -0.1) is 10.2 Å². The summed E-state index contributed by atoms with van der Waals surface area (Å²) >= 11 is 0.787. The second kappa shape index (κ2) is 3.13. The van der Waals surface area contributed by atoms with E-state index in [1.165, 1.54) is 17.3 Å². The second-order valence-corrected chi connectivity index (χ2v) is 3.05. The molecule has 0 saturated carbocycles. The van der Waals surface area contributed by atoms with Crippen molar-refractivity contribution < 1.29 is 8.78 Å². The van der Waals surface area contributed by atoms with Gasteiger partial charge >= 0.3 is 0 Å². The number of hydrogen-bond donors (Lipinski definition) is 0. The first-order chi connectivity index (χ1) is 6.27. The molecule has 2 aromatic heterocycles. The fourth-order valence-corrected chi connectivity index (χ4v) is 1.34. The van der Waals surface area contributed by atoms with Crippen LogP contribution in [-0.2, 0) is 0 Å². The number of halogens is 2. The Morgan fingerprint density at radius 1 is 1.38 bits per heavy atom. The third-order valence-electron chi connectivity index (χ3n) is 1.23. The molecule has 8 heteroatoms. The maximum atomic E-state index is 12.1. The normalized spacial score (nSPS) is 11.0. The van der Waals surface area contributed by atoms with E-state index >= 15 is 0 Å². The van der Waals surface area contributed by atoms with Crippen LogP contribution in [-0.4, -0.2) is 25.0 Å². The number of nitrogens with zero attached hydrogens (tertiary/aromatic N) is 5. The van der Waals surface area contributed by atoms with E-state index in [0.717, 1.165) is 11.3 Å². The summed E-state index contributed by atoms with van der Waals surface area (Å²) in [5.41, 5.74) is 0. The van der Waals surface area contributed by atoms with Crippen LogP contribution in [0.25, 0.3) is 5.13 Å². The highest BCUT2D eigenvalue weighted by Gasteiger charge is 2.14. The largest absolute Gasteiger partial charge is 0.291 e. The Bertz CT molecular complexity index is 383. The van der Waals surface area contributed by atoms with Crippen LogP contribution >= 0.6 is 11.3 Å². The van der Waals surface area contributed by atoms with Gasteiger partial charge in [0.1, 0.15) is 12.7 Å². The zero-order chi connectivity index (χ0) is 9.26. The first-order valence-electron chi connectivity index (χ1n) is 3.24. The molecule has 0 aliphatic heterocycles. The van der Waals surface area contributed by atoms with Gasteiger partial charge in [-0.25, -0.2) is 13.8 Å². The molecule has 0 atom stereocenters. The van der Waals surface area contributed by atoms with E-state index in [-0.39, 0.29) is 10.1 Å². The molecule has 68 valence electrons. The minimum atomic E-state index is -2.59. The molecule has 5 nitrogen and oxygen atoms in total. The lowest BCUT2D eigenvalue weighted by Crippen LogP contribution is -1.92. The first kappa shape index (κ1) is 8.17. The molecule has 0 radical (unpaired) electrons. The topological polar surface area (TPSA) is 56.5 Å². The van der Waals surface area contributed by atoms with Gasteiger partial charge in [-0.05, 0) is 0 Å². The summed E-state index contributed by atoms with van der Waals surface area (Å²) in [5.74, 6) is 0. The lowest BCUT2D eigenvalue weighted by molar-refractivity contribution is 0.150. The van der Waals surface area contributed by atoms with E-state index in [1.54, 1.807) is 0 Å². The Hall–Kier alpha value is -1.44. The summed E-state index contributed by atoms with van der Waals surface area (Å²) in [5, 5.41) is 10.5. The fraction of sp³-hybridized carbons (Fsp3) is 0.200. The molecule has 0 saturated heterocycles. The lowest BCUT2D eigenvalue weighted by Gasteiger charge is -1.88. The van der Waals surface area contributed by atoms with Gasteiger partial charge in [0.25, 0.3) is 6.43 Å². The first-order valence-corrected chi connectivity index (χ1v) is 4.05. The zero-order valence-corrected chi connectivity index (χ0v) is 6.95. The molecule has 0 aromatic carbocycles. The standard InChI is InChI=1S/C5H3F2N5S/c6-3(7)4-10-11-5(13-4)12-2-8-1-9-12/h1-3H. The molecule has 0 aliphatic carbocycles. The van der Waals surface area contributed by atoms with Gasteiger partial charge in [0, 0.05) is 0 Å². The highest BCUT2D eigenvalue weighted by molar-refractivity contribution is 7.13. The molecule has 13 heavy (non-hydrogen) atoms. The smallest absolute Gasteiger partial charge is 0.223 e. The summed E-state index contributed by atoms with van der Waals surface area (Å²) < 4.78 is 25.5. The molecular weight excluding hydrogens is 200 g/mol. The molecule has 0 spiro atoms. The van der Waals surface area contributed by atoms with Crippen molar-refractivity contribution in [3.8, 4) is 5.13 Å². The molecule has 2 heterocycles. The maximum absolute atomic E-state index is 12.1. The predicted octanol–water partition coefficient (Wildman–Crippen LogP) is 1.06. The zero-order valence-electron chi connectivity index (χ0n) is 6.13. The Labute approximate surface area is 75.1 Å². The van der Waals surface area contributed by atoms with Crippen molar-refractivity contribution in [1.82, 2.24) is 25.0 Å². The quantitative estimate of drug-likeness (QED) is 0.732. The number of alkyl halides is 2. The monoisotopic (exact) mass is 203 g/mol. The van der Waals surface area contributed by atoms with Crippen molar-refractivity contribution >= 4 is 11.3 Å². The Balaban J connectivity index is 2.33. The van der Waals surface area contributed by atoms with Crippen LogP contribution in [0.5, 0.6) is 0 Å². The van der Waals surface area contributed by atoms with Crippen molar-refractivity contribution in [1.29, 1.82) is 0 Å². The number of hydrogen-bond acceptors (Lipinski definition) is 5. The van der Waals surface area contributed by atoms with Crippen molar-refractivity contribution in [2.75, 3.05) is 0 Å². The van der Waals surface area contributed by atoms with Gasteiger partial charge in [-0.2, -0.15) is 9.78 Å². The van der Waals surface area contributed by atoms with Crippen LogP contribution in [0.3, 0.4) is 0 Å². The average Bonchev–Trinajstić information content (AvgIpc) is 2.75. The van der Waals surface area contributed by atoms with Crippen LogP contribution in [0.15, 0.2) is 12.7 Å². The van der Waals surface area contributed by atoms with Crippen molar-refractivity contribution in [2.45, 2.75) is 6.43 Å². The molecule has 0 bridgehead atoms. The van der Waals surface area contributed by atoms with Gasteiger partial charge in [0.15, 0.2) is 5.01 Å². The van der Waals surface area contributed by atoms with Crippen LogP contribution < -0.4 is 0 Å². The Morgan fingerprint density at radius 2 is 2.23 bits per heavy atom. The minimum absolute atomic E-state index is 0.285. The summed E-state index contributed by atoms with van der Waals surface area (Å²) in [6.07, 6.45) is 0.0777. The highest BCUT2D eigenvalue weighted by atomic mass is 32.1. The molecule has 0 amide bonds. The number of aromatic nitrogens is 5. The fourth-order valence-electron chi connectivity index (χ4n) is 0.714. The summed E-state index contributed by atoms with van der Waals surface area (Å²) in [4.78, 5) is 3.66. The van der Waals surface area contributed by atoms with Gasteiger partial charge in [0.2, 0.25) is 5.13 Å². The average molecular weight is 203 g/mol. The summed E-state index contributed by atoms with van der Waals surface area (Å²) in [7, 11) is 0. The molecule has 0 aliphatic rings. The maximum Gasteiger partial charge on any atom is 0.291 e. The molecule has 0 unspecified atom stereocenters. The van der Waals surface area contributed by atoms with Gasteiger partial charge < -0.3 is 0 Å². The Morgan fingerprint density at radius 3 is 2.77 bits per heavy atom. The van der Waals surface area contributed by atoms with Gasteiger partial charge in [0.05, 0.1) is 0 Å². The van der Waals surface area contributed by atoms with E-state index in [0.29, 0.717) is 0 Å². The third-order valence-corrected chi connectivity index (χ3v) is 2.15. The van der Waals surface area contributed by atoms with Crippen LogP contribution in [0.4, 0.5) is 8.78 Å². The molecular formula is C5H3F2N5S. The second-order valence-electron chi connectivity index (χ2n) is 2.06. The van der Waals surface area contributed by atoms with E-state index in [4.69, 9.17) is 0 Å². The lowest BCUT2D eigenvalue weighted by atomic mass is 10.8. The predicted molar refractivity (Wildman–Crippen MR) is 39.8 cm³/mol. The SMILES string of the molecule is FC(F)c1nnc(-n2cncn2)s1. The molecule has 0 fully saturated rings. The van der Waals surface area contributed by atoms with Crippen molar-refractivity contribution in [3.63, 3.8) is 0 Å². The van der Waals surface area contributed by atoms with E-state index < -0.39 is 6.43 Å². The van der Waals surface area contributed by atoms with Gasteiger partial charge in [-0.1, -0.05) is 11.3 Å². The van der Waals surface area contributed by atoms with Crippen molar-refractivity contribution in [3.05, 3.63) is 17.7 Å². The van der Waals surface area contributed by atoms with Crippen molar-refractivity contribution in [2.24, 2.45) is 0 Å². The van der Waals surface area contributed by atoms with Crippen LogP contribution in [0, 0.1) is 0 Å². The van der Waals surface area contributed by atoms with E-state index in [9.17, 15) is 8.78 Å². The molecule has 2 rings (SSSR count). The van der Waals surface area contributed by atoms with Gasteiger partial charge in [-0.3, -0.25) is 0 Å². The van der Waals surface area contributed by atoms with E-state index in [2.05, 4.69) is 20.3 Å². The highest BCUT2D eigenvalue weighted by Crippen LogP contribution is 2.23. The molecule has 0 N–H and O–H groups in total. The van der Waals surface area contributed by atoms with Crippen LogP contribution in [0.1, 0.15) is 11.4 Å². The van der Waals surface area contributed by atoms with E-state index in [1.807, 2.05) is 0 Å². The Kier molecular flexibility index (Phi) is 1.97.